The Hall–Kier alpha value is -1.66. The van der Waals surface area contributed by atoms with E-state index in [0.717, 1.165) is 23.4 Å². The number of fused-ring (bicyclic) bond motifs is 1. The summed E-state index contributed by atoms with van der Waals surface area (Å²) in [4.78, 5) is 17.0. The molecule has 2 N–H and O–H groups in total. The number of thiazole rings is 1. The molecule has 106 valence electrons. The number of carboxylic acid groups (broad SMARTS) is 1. The number of hydrogen-bond acceptors (Lipinski definition) is 4. The molecule has 0 radical (unpaired) electrons. The number of para-hydroxylation sites is 1. The third kappa shape index (κ3) is 2.91. The van der Waals surface area contributed by atoms with Gasteiger partial charge in [-0.1, -0.05) is 12.1 Å². The van der Waals surface area contributed by atoms with E-state index in [-0.39, 0.29) is 6.04 Å². The normalized spacial score (nSPS) is 19.4. The monoisotopic (exact) mass is 291 g/mol. The molecule has 0 saturated carbocycles. The third-order valence-corrected chi connectivity index (χ3v) is 4.61. The van der Waals surface area contributed by atoms with Gasteiger partial charge in [0.1, 0.15) is 5.01 Å². The smallest absolute Gasteiger partial charge is 0.407 e. The van der Waals surface area contributed by atoms with Gasteiger partial charge in [0, 0.05) is 25.7 Å². The molecule has 1 aromatic carbocycles. The van der Waals surface area contributed by atoms with E-state index in [2.05, 4.69) is 16.4 Å². The van der Waals surface area contributed by atoms with Crippen molar-refractivity contribution in [1.29, 1.82) is 0 Å². The fourth-order valence-corrected chi connectivity index (χ4v) is 3.46. The van der Waals surface area contributed by atoms with Crippen molar-refractivity contribution in [1.82, 2.24) is 15.2 Å². The van der Waals surface area contributed by atoms with Crippen LogP contribution >= 0.6 is 11.3 Å². The van der Waals surface area contributed by atoms with E-state index in [1.54, 1.807) is 11.3 Å². The largest absolute Gasteiger partial charge is 0.465 e. The zero-order chi connectivity index (χ0) is 13.9. The van der Waals surface area contributed by atoms with Crippen molar-refractivity contribution >= 4 is 27.6 Å². The van der Waals surface area contributed by atoms with Crippen molar-refractivity contribution in [3.63, 3.8) is 0 Å². The van der Waals surface area contributed by atoms with Crippen LogP contribution in [0.1, 0.15) is 17.8 Å². The number of likely N-dealkylation sites (tertiary alicyclic amines) is 1. The SMILES string of the molecule is O=C(O)N1CCCC(NCc2nc3ccccc3s2)C1. The van der Waals surface area contributed by atoms with Gasteiger partial charge >= 0.3 is 6.09 Å². The van der Waals surface area contributed by atoms with E-state index in [0.29, 0.717) is 19.6 Å². The fraction of sp³-hybridized carbons (Fsp3) is 0.429. The van der Waals surface area contributed by atoms with E-state index in [9.17, 15) is 4.79 Å². The summed E-state index contributed by atoms with van der Waals surface area (Å²) < 4.78 is 1.19. The number of rotatable bonds is 3. The molecule has 1 saturated heterocycles. The summed E-state index contributed by atoms with van der Waals surface area (Å²) in [6.45, 7) is 1.92. The van der Waals surface area contributed by atoms with Crippen molar-refractivity contribution in [2.75, 3.05) is 13.1 Å². The van der Waals surface area contributed by atoms with Crippen LogP contribution in [-0.2, 0) is 6.54 Å². The molecule has 1 fully saturated rings. The lowest BCUT2D eigenvalue weighted by Crippen LogP contribution is -2.47. The first-order valence-electron chi connectivity index (χ1n) is 6.78. The van der Waals surface area contributed by atoms with Crippen LogP contribution in [0.15, 0.2) is 24.3 Å². The Balaban J connectivity index is 1.60. The molecule has 20 heavy (non-hydrogen) atoms. The van der Waals surface area contributed by atoms with Gasteiger partial charge in [0.05, 0.1) is 10.2 Å². The molecule has 1 aliphatic rings. The Morgan fingerprint density at radius 1 is 1.50 bits per heavy atom. The molecule has 0 spiro atoms. The number of amides is 1. The van der Waals surface area contributed by atoms with E-state index in [1.807, 2.05) is 18.2 Å². The minimum absolute atomic E-state index is 0.229. The molecule has 2 heterocycles. The molecule has 1 unspecified atom stereocenters. The van der Waals surface area contributed by atoms with Crippen molar-refractivity contribution in [3.05, 3.63) is 29.3 Å². The van der Waals surface area contributed by atoms with Gasteiger partial charge in [-0.15, -0.1) is 11.3 Å². The quantitative estimate of drug-likeness (QED) is 0.912. The van der Waals surface area contributed by atoms with Crippen LogP contribution in [0.5, 0.6) is 0 Å². The van der Waals surface area contributed by atoms with Crippen LogP contribution in [-0.4, -0.2) is 40.2 Å². The van der Waals surface area contributed by atoms with Crippen molar-refractivity contribution in [2.45, 2.75) is 25.4 Å². The minimum atomic E-state index is -0.823. The van der Waals surface area contributed by atoms with E-state index < -0.39 is 6.09 Å². The highest BCUT2D eigenvalue weighted by atomic mass is 32.1. The molecule has 6 heteroatoms. The predicted octanol–water partition coefficient (Wildman–Crippen LogP) is 2.53. The zero-order valence-electron chi connectivity index (χ0n) is 11.1. The van der Waals surface area contributed by atoms with Gasteiger partial charge in [-0.05, 0) is 25.0 Å². The topological polar surface area (TPSA) is 65.5 Å². The Bertz CT molecular complexity index is 580. The number of carbonyl (C=O) groups is 1. The standard InChI is InChI=1S/C14H17N3O2S/c18-14(19)17-7-3-4-10(9-17)15-8-13-16-11-5-1-2-6-12(11)20-13/h1-2,5-6,10,15H,3-4,7-9H2,(H,18,19). The lowest BCUT2D eigenvalue weighted by Gasteiger charge is -2.31. The number of piperidine rings is 1. The summed E-state index contributed by atoms with van der Waals surface area (Å²) in [6.07, 6.45) is 1.12. The molecule has 1 aromatic heterocycles. The number of hydrogen-bond donors (Lipinski definition) is 2. The number of benzene rings is 1. The van der Waals surface area contributed by atoms with Crippen molar-refractivity contribution in [3.8, 4) is 0 Å². The molecule has 1 atom stereocenters. The highest BCUT2D eigenvalue weighted by Gasteiger charge is 2.22. The highest BCUT2D eigenvalue weighted by molar-refractivity contribution is 7.18. The molecular formula is C14H17N3O2S. The molecular weight excluding hydrogens is 274 g/mol. The summed E-state index contributed by atoms with van der Waals surface area (Å²) in [5.41, 5.74) is 1.03. The van der Waals surface area contributed by atoms with Crippen LogP contribution in [0.2, 0.25) is 0 Å². The molecule has 1 aliphatic heterocycles. The van der Waals surface area contributed by atoms with Crippen molar-refractivity contribution in [2.24, 2.45) is 0 Å². The molecule has 2 aromatic rings. The van der Waals surface area contributed by atoms with Crippen LogP contribution in [0.4, 0.5) is 4.79 Å². The van der Waals surface area contributed by atoms with Gasteiger partial charge in [0.25, 0.3) is 0 Å². The minimum Gasteiger partial charge on any atom is -0.465 e. The summed E-state index contributed by atoms with van der Waals surface area (Å²) in [7, 11) is 0. The Labute approximate surface area is 121 Å². The van der Waals surface area contributed by atoms with Gasteiger partial charge in [-0.3, -0.25) is 0 Å². The second-order valence-corrected chi connectivity index (χ2v) is 6.14. The van der Waals surface area contributed by atoms with Gasteiger partial charge in [0.15, 0.2) is 0 Å². The second kappa shape index (κ2) is 5.76. The average Bonchev–Trinajstić information content (AvgIpc) is 2.88. The zero-order valence-corrected chi connectivity index (χ0v) is 11.9. The molecule has 5 nitrogen and oxygen atoms in total. The van der Waals surface area contributed by atoms with Crippen LogP contribution in [0.3, 0.4) is 0 Å². The molecule has 1 amide bonds. The summed E-state index contributed by atoms with van der Waals surface area (Å²) in [5.74, 6) is 0. The molecule has 3 rings (SSSR count). The second-order valence-electron chi connectivity index (χ2n) is 5.02. The first kappa shape index (κ1) is 13.3. The van der Waals surface area contributed by atoms with Gasteiger partial charge < -0.3 is 15.3 Å². The van der Waals surface area contributed by atoms with Crippen LogP contribution in [0, 0.1) is 0 Å². The first-order valence-corrected chi connectivity index (χ1v) is 7.60. The Kier molecular flexibility index (Phi) is 3.84. The third-order valence-electron chi connectivity index (χ3n) is 3.57. The van der Waals surface area contributed by atoms with Crippen LogP contribution in [0.25, 0.3) is 10.2 Å². The van der Waals surface area contributed by atoms with Crippen LogP contribution < -0.4 is 5.32 Å². The Morgan fingerprint density at radius 2 is 2.35 bits per heavy atom. The number of aromatic nitrogens is 1. The highest BCUT2D eigenvalue weighted by Crippen LogP contribution is 2.21. The van der Waals surface area contributed by atoms with Gasteiger partial charge in [-0.2, -0.15) is 0 Å². The van der Waals surface area contributed by atoms with Gasteiger partial charge in [0.2, 0.25) is 0 Å². The predicted molar refractivity (Wildman–Crippen MR) is 79.1 cm³/mol. The first-order chi connectivity index (χ1) is 9.72. The molecule has 0 aliphatic carbocycles. The molecule has 0 bridgehead atoms. The Morgan fingerprint density at radius 3 is 3.15 bits per heavy atom. The van der Waals surface area contributed by atoms with E-state index >= 15 is 0 Å². The maximum Gasteiger partial charge on any atom is 0.407 e. The van der Waals surface area contributed by atoms with E-state index in [1.165, 1.54) is 9.60 Å². The lowest BCUT2D eigenvalue weighted by molar-refractivity contribution is 0.126. The van der Waals surface area contributed by atoms with E-state index in [4.69, 9.17) is 5.11 Å². The average molecular weight is 291 g/mol. The number of nitrogens with one attached hydrogen (secondary N) is 1. The maximum absolute atomic E-state index is 11.0. The van der Waals surface area contributed by atoms with Gasteiger partial charge in [-0.25, -0.2) is 9.78 Å². The summed E-state index contributed by atoms with van der Waals surface area (Å²) in [6, 6.07) is 8.33. The fourth-order valence-electron chi connectivity index (χ4n) is 2.54. The summed E-state index contributed by atoms with van der Waals surface area (Å²) in [5, 5.41) is 13.5. The maximum atomic E-state index is 11.0. The number of nitrogens with zero attached hydrogens (tertiary/aromatic N) is 2. The summed E-state index contributed by atoms with van der Waals surface area (Å²) >= 11 is 1.69. The lowest BCUT2D eigenvalue weighted by atomic mass is 10.1. The van der Waals surface area contributed by atoms with Crippen molar-refractivity contribution < 1.29 is 9.90 Å².